The molecule has 0 saturated carbocycles. The predicted octanol–water partition coefficient (Wildman–Crippen LogP) is -0.332. The maximum atomic E-state index is 11.2. The molecule has 88 valence electrons. The fraction of sp³-hybridized carbons (Fsp3) is 0.889. The van der Waals surface area contributed by atoms with E-state index in [1.54, 1.807) is 0 Å². The summed E-state index contributed by atoms with van der Waals surface area (Å²) in [6, 6.07) is -0.158. The topological polar surface area (TPSA) is 63.7 Å². The van der Waals surface area contributed by atoms with Gasteiger partial charge < -0.3 is 4.74 Å². The molecule has 0 bridgehead atoms. The first-order valence-electron chi connectivity index (χ1n) is 4.93. The molecule has 0 aliphatic carbocycles. The monoisotopic (exact) mass is 235 g/mol. The van der Waals surface area contributed by atoms with Crippen LogP contribution in [0.4, 0.5) is 0 Å². The summed E-state index contributed by atoms with van der Waals surface area (Å²) in [4.78, 5) is 13.1. The van der Waals surface area contributed by atoms with Crippen molar-refractivity contribution in [3.05, 3.63) is 0 Å². The van der Waals surface area contributed by atoms with E-state index < -0.39 is 9.84 Å². The number of esters is 1. The van der Waals surface area contributed by atoms with Gasteiger partial charge in [0.1, 0.15) is 15.9 Å². The van der Waals surface area contributed by atoms with Crippen LogP contribution in [0.2, 0.25) is 0 Å². The van der Waals surface area contributed by atoms with Crippen LogP contribution >= 0.6 is 0 Å². The van der Waals surface area contributed by atoms with Crippen molar-refractivity contribution in [2.75, 3.05) is 32.2 Å². The molecule has 1 aliphatic heterocycles. The van der Waals surface area contributed by atoms with E-state index in [0.717, 1.165) is 13.0 Å². The lowest BCUT2D eigenvalue weighted by atomic mass is 10.0. The van der Waals surface area contributed by atoms with Gasteiger partial charge in [0.05, 0.1) is 12.9 Å². The number of ether oxygens (including phenoxy) is 1. The van der Waals surface area contributed by atoms with Gasteiger partial charge >= 0.3 is 5.97 Å². The molecule has 6 heteroatoms. The summed E-state index contributed by atoms with van der Waals surface area (Å²) in [7, 11) is -1.52. The Labute approximate surface area is 90.3 Å². The zero-order valence-corrected chi connectivity index (χ0v) is 9.92. The fourth-order valence-electron chi connectivity index (χ4n) is 1.64. The van der Waals surface area contributed by atoms with Crippen molar-refractivity contribution in [3.8, 4) is 0 Å². The first kappa shape index (κ1) is 12.4. The van der Waals surface area contributed by atoms with E-state index in [1.807, 2.05) is 4.90 Å². The van der Waals surface area contributed by atoms with Gasteiger partial charge in [-0.1, -0.05) is 0 Å². The highest BCUT2D eigenvalue weighted by Gasteiger charge is 2.34. The zero-order chi connectivity index (χ0) is 11.5. The molecule has 5 nitrogen and oxygen atoms in total. The highest BCUT2D eigenvalue weighted by Crippen LogP contribution is 2.18. The third-order valence-electron chi connectivity index (χ3n) is 2.56. The molecule has 0 aromatic heterocycles. The van der Waals surface area contributed by atoms with Gasteiger partial charge in [-0.3, -0.25) is 9.69 Å². The molecule has 15 heavy (non-hydrogen) atoms. The van der Waals surface area contributed by atoms with Gasteiger partial charge in [-0.25, -0.2) is 8.42 Å². The van der Waals surface area contributed by atoms with E-state index in [0.29, 0.717) is 13.0 Å². The molecule has 1 fully saturated rings. The molecule has 1 saturated heterocycles. The number of carbonyl (C=O) groups excluding carboxylic acids is 1. The van der Waals surface area contributed by atoms with Crippen LogP contribution in [0.5, 0.6) is 0 Å². The van der Waals surface area contributed by atoms with E-state index >= 15 is 0 Å². The average molecular weight is 235 g/mol. The number of nitrogens with zero attached hydrogens (tertiary/aromatic N) is 1. The number of sulfone groups is 1. The molecule has 1 rings (SSSR count). The fourth-order valence-corrected chi connectivity index (χ4v) is 2.29. The van der Waals surface area contributed by atoms with Crippen molar-refractivity contribution in [2.24, 2.45) is 0 Å². The summed E-state index contributed by atoms with van der Waals surface area (Å²) < 4.78 is 26.4. The summed E-state index contributed by atoms with van der Waals surface area (Å²) in [6.07, 6.45) is 2.61. The van der Waals surface area contributed by atoms with Crippen LogP contribution in [0.15, 0.2) is 0 Å². The molecule has 1 aliphatic rings. The Balaban J connectivity index is 2.26. The lowest BCUT2D eigenvalue weighted by molar-refractivity contribution is -0.151. The third kappa shape index (κ3) is 3.79. The first-order chi connectivity index (χ1) is 6.94. The van der Waals surface area contributed by atoms with E-state index in [9.17, 15) is 13.2 Å². The van der Waals surface area contributed by atoms with E-state index in [1.165, 1.54) is 13.4 Å². The van der Waals surface area contributed by atoms with Gasteiger partial charge in [-0.15, -0.1) is 0 Å². The normalized spacial score (nSPS) is 22.1. The van der Waals surface area contributed by atoms with Crippen LogP contribution in [-0.2, 0) is 19.4 Å². The van der Waals surface area contributed by atoms with Gasteiger partial charge in [0.15, 0.2) is 0 Å². The molecule has 0 aromatic carbocycles. The van der Waals surface area contributed by atoms with Crippen molar-refractivity contribution in [1.29, 1.82) is 0 Å². The number of methoxy groups -OCH3 is 1. The van der Waals surface area contributed by atoms with Crippen LogP contribution in [0.25, 0.3) is 0 Å². The average Bonchev–Trinajstić information content (AvgIpc) is 2.08. The quantitative estimate of drug-likeness (QED) is 0.610. The van der Waals surface area contributed by atoms with Crippen LogP contribution < -0.4 is 0 Å². The maximum Gasteiger partial charge on any atom is 0.323 e. The molecular weight excluding hydrogens is 218 g/mol. The van der Waals surface area contributed by atoms with Gasteiger partial charge in [0.25, 0.3) is 0 Å². The molecule has 0 aromatic rings. The smallest absolute Gasteiger partial charge is 0.323 e. The molecule has 0 radical (unpaired) electrons. The van der Waals surface area contributed by atoms with Crippen molar-refractivity contribution in [1.82, 2.24) is 4.90 Å². The third-order valence-corrected chi connectivity index (χ3v) is 3.59. The Hall–Kier alpha value is -0.620. The highest BCUT2D eigenvalue weighted by atomic mass is 32.2. The van der Waals surface area contributed by atoms with Crippen LogP contribution in [-0.4, -0.2) is 57.5 Å². The first-order valence-corrected chi connectivity index (χ1v) is 6.99. The second-order valence-electron chi connectivity index (χ2n) is 3.85. The highest BCUT2D eigenvalue weighted by molar-refractivity contribution is 7.90. The lowest BCUT2D eigenvalue weighted by Crippen LogP contribution is -2.53. The van der Waals surface area contributed by atoms with Gasteiger partial charge in [0.2, 0.25) is 0 Å². The van der Waals surface area contributed by atoms with Crippen LogP contribution in [0, 0.1) is 0 Å². The number of likely N-dealkylation sites (tertiary alicyclic amines) is 1. The molecule has 1 unspecified atom stereocenters. The molecule has 0 amide bonds. The standard InChI is InChI=1S/C9H17NO4S/c1-14-9(11)8-4-6-10(8)5-3-7-15(2,12)13/h8H,3-7H2,1-2H3. The summed E-state index contributed by atoms with van der Waals surface area (Å²) in [6.45, 7) is 1.50. The Kier molecular flexibility index (Phi) is 4.10. The van der Waals surface area contributed by atoms with E-state index in [2.05, 4.69) is 4.74 Å². The predicted molar refractivity (Wildman–Crippen MR) is 56.3 cm³/mol. The van der Waals surface area contributed by atoms with Crippen molar-refractivity contribution < 1.29 is 17.9 Å². The van der Waals surface area contributed by atoms with Crippen molar-refractivity contribution >= 4 is 15.8 Å². The van der Waals surface area contributed by atoms with Gasteiger partial charge in [0, 0.05) is 12.8 Å². The number of carbonyl (C=O) groups is 1. The van der Waals surface area contributed by atoms with Crippen molar-refractivity contribution in [2.45, 2.75) is 18.9 Å². The summed E-state index contributed by atoms with van der Waals surface area (Å²) in [5.41, 5.74) is 0. The molecule has 0 spiro atoms. The lowest BCUT2D eigenvalue weighted by Gasteiger charge is -2.38. The second kappa shape index (κ2) is 4.94. The van der Waals surface area contributed by atoms with E-state index in [-0.39, 0.29) is 17.8 Å². The summed E-state index contributed by atoms with van der Waals surface area (Å²) >= 11 is 0. The molecule has 1 heterocycles. The van der Waals surface area contributed by atoms with Crippen LogP contribution in [0.1, 0.15) is 12.8 Å². The number of hydrogen-bond acceptors (Lipinski definition) is 5. The minimum absolute atomic E-state index is 0.158. The molecule has 0 N–H and O–H groups in total. The number of hydrogen-bond donors (Lipinski definition) is 0. The Morgan fingerprint density at radius 3 is 2.60 bits per heavy atom. The zero-order valence-electron chi connectivity index (χ0n) is 9.10. The van der Waals surface area contributed by atoms with Crippen LogP contribution in [0.3, 0.4) is 0 Å². The summed E-state index contributed by atoms with van der Waals surface area (Å²) in [5, 5.41) is 0. The molecule has 1 atom stereocenters. The largest absolute Gasteiger partial charge is 0.468 e. The number of rotatable bonds is 5. The Morgan fingerprint density at radius 2 is 2.20 bits per heavy atom. The minimum atomic E-state index is -2.89. The maximum absolute atomic E-state index is 11.2. The van der Waals surface area contributed by atoms with E-state index in [4.69, 9.17) is 0 Å². The summed E-state index contributed by atoms with van der Waals surface area (Å²) in [5.74, 6) is -0.0437. The SMILES string of the molecule is COC(=O)C1CCN1CCCS(C)(=O)=O. The molecular formula is C9H17NO4S. The van der Waals surface area contributed by atoms with Gasteiger partial charge in [-0.05, 0) is 19.4 Å². The Bertz CT molecular complexity index is 325. The minimum Gasteiger partial charge on any atom is -0.468 e. The Morgan fingerprint density at radius 1 is 1.53 bits per heavy atom. The second-order valence-corrected chi connectivity index (χ2v) is 6.11. The van der Waals surface area contributed by atoms with Crippen molar-refractivity contribution in [3.63, 3.8) is 0 Å². The van der Waals surface area contributed by atoms with Gasteiger partial charge in [-0.2, -0.15) is 0 Å².